The molecule has 0 aliphatic carbocycles. The third kappa shape index (κ3) is 2.02. The Hall–Kier alpha value is -1.40. The maximum Gasteiger partial charge on any atom is 0.194 e. The summed E-state index contributed by atoms with van der Waals surface area (Å²) in [6.07, 6.45) is 1.92. The minimum absolute atomic E-state index is 0.760. The van der Waals surface area contributed by atoms with E-state index in [1.807, 2.05) is 18.1 Å². The van der Waals surface area contributed by atoms with Crippen LogP contribution in [0.2, 0.25) is 0 Å². The number of hydrogen-bond acceptors (Lipinski definition) is 5. The molecule has 5 nitrogen and oxygen atoms in total. The molecular formula is C12H16N4OS. The normalized spacial score (nSPS) is 17.1. The first-order chi connectivity index (χ1) is 8.75. The van der Waals surface area contributed by atoms with Gasteiger partial charge < -0.3 is 4.74 Å². The van der Waals surface area contributed by atoms with E-state index in [4.69, 9.17) is 4.74 Å². The van der Waals surface area contributed by atoms with Crippen LogP contribution >= 0.6 is 11.3 Å². The summed E-state index contributed by atoms with van der Waals surface area (Å²) in [5.41, 5.74) is 3.32. The molecule has 1 aliphatic heterocycles. The summed E-state index contributed by atoms with van der Waals surface area (Å²) in [5, 5.41) is 8.69. The van der Waals surface area contributed by atoms with Crippen molar-refractivity contribution in [2.24, 2.45) is 5.10 Å². The molecule has 0 atom stereocenters. The van der Waals surface area contributed by atoms with E-state index in [-0.39, 0.29) is 0 Å². The summed E-state index contributed by atoms with van der Waals surface area (Å²) >= 11 is 1.67. The van der Waals surface area contributed by atoms with Crippen molar-refractivity contribution in [1.82, 2.24) is 14.4 Å². The van der Waals surface area contributed by atoms with Gasteiger partial charge in [-0.15, -0.1) is 11.3 Å². The molecule has 0 radical (unpaired) electrons. The molecule has 1 aliphatic rings. The zero-order valence-corrected chi connectivity index (χ0v) is 11.4. The number of hydrazone groups is 1. The first kappa shape index (κ1) is 11.7. The number of aromatic nitrogens is 2. The van der Waals surface area contributed by atoms with Gasteiger partial charge in [0.2, 0.25) is 0 Å². The van der Waals surface area contributed by atoms with Crippen LogP contribution in [0.25, 0.3) is 4.96 Å². The smallest absolute Gasteiger partial charge is 0.194 e. The van der Waals surface area contributed by atoms with Gasteiger partial charge in [-0.05, 0) is 13.8 Å². The van der Waals surface area contributed by atoms with Crippen molar-refractivity contribution in [3.63, 3.8) is 0 Å². The number of fused-ring (bicyclic) bond motifs is 1. The Labute approximate surface area is 110 Å². The number of aryl methyl sites for hydroxylation is 2. The number of rotatable bonds is 2. The lowest BCUT2D eigenvalue weighted by Crippen LogP contribution is -2.32. The van der Waals surface area contributed by atoms with Gasteiger partial charge in [0.05, 0.1) is 43.9 Å². The van der Waals surface area contributed by atoms with Gasteiger partial charge in [-0.25, -0.2) is 4.98 Å². The van der Waals surface area contributed by atoms with Gasteiger partial charge in [0.25, 0.3) is 0 Å². The van der Waals surface area contributed by atoms with Crippen LogP contribution in [-0.4, -0.2) is 46.9 Å². The number of morpholine rings is 1. The van der Waals surface area contributed by atoms with Gasteiger partial charge in [-0.3, -0.25) is 9.41 Å². The second-order valence-corrected chi connectivity index (χ2v) is 5.22. The molecule has 18 heavy (non-hydrogen) atoms. The van der Waals surface area contributed by atoms with E-state index >= 15 is 0 Å². The number of nitrogens with zero attached hydrogens (tertiary/aromatic N) is 4. The van der Waals surface area contributed by atoms with E-state index in [0.29, 0.717) is 0 Å². The van der Waals surface area contributed by atoms with Gasteiger partial charge in [0.15, 0.2) is 4.96 Å². The molecule has 3 rings (SSSR count). The minimum atomic E-state index is 0.760. The Morgan fingerprint density at radius 1 is 1.39 bits per heavy atom. The summed E-state index contributed by atoms with van der Waals surface area (Å²) in [7, 11) is 0. The van der Waals surface area contributed by atoms with E-state index < -0.39 is 0 Å². The average molecular weight is 264 g/mol. The molecule has 0 aromatic carbocycles. The van der Waals surface area contributed by atoms with Crippen molar-refractivity contribution in [2.45, 2.75) is 13.8 Å². The highest BCUT2D eigenvalue weighted by molar-refractivity contribution is 7.15. The molecule has 1 saturated heterocycles. The summed E-state index contributed by atoms with van der Waals surface area (Å²) < 4.78 is 7.46. The number of hydrogen-bond donors (Lipinski definition) is 0. The van der Waals surface area contributed by atoms with E-state index in [1.165, 1.54) is 5.69 Å². The van der Waals surface area contributed by atoms with Crippen LogP contribution in [0.4, 0.5) is 0 Å². The molecule has 0 N–H and O–H groups in total. The molecule has 0 unspecified atom stereocenters. The van der Waals surface area contributed by atoms with Gasteiger partial charge in [0, 0.05) is 11.1 Å². The molecular weight excluding hydrogens is 248 g/mol. The van der Waals surface area contributed by atoms with E-state index in [0.717, 1.165) is 42.7 Å². The molecule has 1 fully saturated rings. The molecule has 6 heteroatoms. The molecule has 2 aromatic rings. The Bertz CT molecular complexity index is 580. The monoisotopic (exact) mass is 264 g/mol. The van der Waals surface area contributed by atoms with E-state index in [1.54, 1.807) is 11.3 Å². The third-order valence-electron chi connectivity index (χ3n) is 3.08. The third-order valence-corrected chi connectivity index (χ3v) is 4.03. The zero-order chi connectivity index (χ0) is 12.5. The highest BCUT2D eigenvalue weighted by atomic mass is 32.1. The summed E-state index contributed by atoms with van der Waals surface area (Å²) in [6.45, 7) is 7.36. The Morgan fingerprint density at radius 2 is 2.17 bits per heavy atom. The lowest BCUT2D eigenvalue weighted by atomic mass is 10.3. The van der Waals surface area contributed by atoms with Crippen molar-refractivity contribution in [3.8, 4) is 0 Å². The second-order valence-electron chi connectivity index (χ2n) is 4.39. The van der Waals surface area contributed by atoms with Crippen LogP contribution in [0.5, 0.6) is 0 Å². The fraction of sp³-hybridized carbons (Fsp3) is 0.500. The Balaban J connectivity index is 1.91. The van der Waals surface area contributed by atoms with Gasteiger partial charge >= 0.3 is 0 Å². The second kappa shape index (κ2) is 4.70. The average Bonchev–Trinajstić information content (AvgIpc) is 2.88. The highest BCUT2D eigenvalue weighted by Crippen LogP contribution is 2.19. The van der Waals surface area contributed by atoms with Crippen molar-refractivity contribution in [2.75, 3.05) is 26.3 Å². The van der Waals surface area contributed by atoms with E-state index in [9.17, 15) is 0 Å². The summed E-state index contributed by atoms with van der Waals surface area (Å²) in [5.74, 6) is 0. The van der Waals surface area contributed by atoms with Crippen LogP contribution in [0.15, 0.2) is 10.5 Å². The molecule has 0 spiro atoms. The first-order valence-corrected chi connectivity index (χ1v) is 6.93. The van der Waals surface area contributed by atoms with Crippen LogP contribution < -0.4 is 0 Å². The van der Waals surface area contributed by atoms with Crippen LogP contribution in [-0.2, 0) is 4.74 Å². The molecule has 0 amide bonds. The lowest BCUT2D eigenvalue weighted by molar-refractivity contribution is 0.0396. The van der Waals surface area contributed by atoms with E-state index in [2.05, 4.69) is 26.8 Å². The van der Waals surface area contributed by atoms with Crippen molar-refractivity contribution in [3.05, 3.63) is 22.5 Å². The van der Waals surface area contributed by atoms with Gasteiger partial charge in [0.1, 0.15) is 0 Å². The van der Waals surface area contributed by atoms with Crippen molar-refractivity contribution < 1.29 is 4.74 Å². The maximum absolute atomic E-state index is 5.31. The molecule has 3 heterocycles. The Morgan fingerprint density at radius 3 is 2.94 bits per heavy atom. The molecule has 96 valence electrons. The predicted molar refractivity (Wildman–Crippen MR) is 72.5 cm³/mol. The van der Waals surface area contributed by atoms with Crippen LogP contribution in [0.1, 0.15) is 17.1 Å². The lowest BCUT2D eigenvalue weighted by Gasteiger charge is -2.23. The zero-order valence-electron chi connectivity index (χ0n) is 10.6. The Kier molecular flexibility index (Phi) is 3.05. The SMILES string of the molecule is Cc1nc2scc(C)n2c1/C=N/N1CCOCC1. The molecule has 0 saturated carbocycles. The predicted octanol–water partition coefficient (Wildman–Crippen LogP) is 1.68. The minimum Gasteiger partial charge on any atom is -0.378 e. The van der Waals surface area contributed by atoms with Crippen LogP contribution in [0, 0.1) is 13.8 Å². The number of thiazole rings is 1. The topological polar surface area (TPSA) is 42.1 Å². The maximum atomic E-state index is 5.31. The highest BCUT2D eigenvalue weighted by Gasteiger charge is 2.11. The van der Waals surface area contributed by atoms with Crippen LogP contribution in [0.3, 0.4) is 0 Å². The fourth-order valence-electron chi connectivity index (χ4n) is 2.08. The number of ether oxygens (including phenoxy) is 1. The van der Waals surface area contributed by atoms with Crippen molar-refractivity contribution in [1.29, 1.82) is 0 Å². The standard InChI is InChI=1S/C12H16N4OS/c1-9-8-18-12-14-10(2)11(16(9)12)7-13-15-3-5-17-6-4-15/h7-8H,3-6H2,1-2H3/b13-7+. The molecule has 2 aromatic heterocycles. The summed E-state index contributed by atoms with van der Waals surface area (Å²) in [6, 6.07) is 0. The fourth-order valence-corrected chi connectivity index (χ4v) is 3.00. The van der Waals surface area contributed by atoms with Gasteiger partial charge in [-0.2, -0.15) is 5.10 Å². The first-order valence-electron chi connectivity index (χ1n) is 6.05. The summed E-state index contributed by atoms with van der Waals surface area (Å²) in [4.78, 5) is 5.58. The number of imidazole rings is 1. The quantitative estimate of drug-likeness (QED) is 0.775. The largest absolute Gasteiger partial charge is 0.378 e. The van der Waals surface area contributed by atoms with Gasteiger partial charge in [-0.1, -0.05) is 0 Å². The van der Waals surface area contributed by atoms with Crippen molar-refractivity contribution >= 4 is 22.5 Å². The molecule has 0 bridgehead atoms.